The number of rotatable bonds is 2. The summed E-state index contributed by atoms with van der Waals surface area (Å²) in [5.74, 6) is 0. The zero-order valence-corrected chi connectivity index (χ0v) is 12.0. The van der Waals surface area contributed by atoms with Crippen molar-refractivity contribution in [2.24, 2.45) is 5.73 Å². The molecular formula is C12H13BrClN3. The molecule has 1 aromatic carbocycles. The van der Waals surface area contributed by atoms with Gasteiger partial charge in [-0.25, -0.2) is 4.68 Å². The highest BCUT2D eigenvalue weighted by molar-refractivity contribution is 9.10. The molecule has 0 aliphatic rings. The van der Waals surface area contributed by atoms with Crippen LogP contribution in [0.3, 0.4) is 0 Å². The highest BCUT2D eigenvalue weighted by atomic mass is 79.9. The molecule has 0 amide bonds. The third-order valence-electron chi connectivity index (χ3n) is 2.57. The van der Waals surface area contributed by atoms with E-state index in [0.29, 0.717) is 5.02 Å². The van der Waals surface area contributed by atoms with Crippen LogP contribution in [0.5, 0.6) is 0 Å². The zero-order valence-electron chi connectivity index (χ0n) is 9.61. The molecule has 0 aliphatic carbocycles. The minimum Gasteiger partial charge on any atom is -0.324 e. The normalized spacial score (nSPS) is 12.8. The Morgan fingerprint density at radius 1 is 1.47 bits per heavy atom. The summed E-state index contributed by atoms with van der Waals surface area (Å²) in [6, 6.07) is 5.90. The minimum atomic E-state index is -0.0543. The van der Waals surface area contributed by atoms with Gasteiger partial charge in [0.15, 0.2) is 0 Å². The lowest BCUT2D eigenvalue weighted by Crippen LogP contribution is -2.10. The average Bonchev–Trinajstić information content (AvgIpc) is 2.58. The van der Waals surface area contributed by atoms with Crippen molar-refractivity contribution in [3.05, 3.63) is 45.1 Å². The molecule has 2 rings (SSSR count). The number of aromatic nitrogens is 2. The second-order valence-corrected chi connectivity index (χ2v) is 5.32. The summed E-state index contributed by atoms with van der Waals surface area (Å²) in [7, 11) is 0. The third-order valence-corrected chi connectivity index (χ3v) is 3.43. The number of nitrogens with two attached hydrogens (primary N) is 1. The number of aryl methyl sites for hydroxylation is 1. The summed E-state index contributed by atoms with van der Waals surface area (Å²) in [5.41, 5.74) is 8.75. The van der Waals surface area contributed by atoms with Gasteiger partial charge in [0.1, 0.15) is 0 Å². The first-order valence-electron chi connectivity index (χ1n) is 5.26. The van der Waals surface area contributed by atoms with Crippen LogP contribution in [0, 0.1) is 6.92 Å². The van der Waals surface area contributed by atoms with Crippen molar-refractivity contribution >= 4 is 27.5 Å². The first-order valence-corrected chi connectivity index (χ1v) is 6.43. The predicted molar refractivity (Wildman–Crippen MR) is 73.6 cm³/mol. The number of hydrogen-bond donors (Lipinski definition) is 1. The lowest BCUT2D eigenvalue weighted by atomic mass is 10.1. The molecule has 0 saturated carbocycles. The van der Waals surface area contributed by atoms with E-state index in [9.17, 15) is 0 Å². The molecule has 90 valence electrons. The summed E-state index contributed by atoms with van der Waals surface area (Å²) in [5, 5.41) is 5.03. The fraction of sp³-hybridized carbons (Fsp3) is 0.250. The van der Waals surface area contributed by atoms with Crippen molar-refractivity contribution in [2.75, 3.05) is 0 Å². The molecular weight excluding hydrogens is 302 g/mol. The highest BCUT2D eigenvalue weighted by Crippen LogP contribution is 2.25. The van der Waals surface area contributed by atoms with E-state index in [4.69, 9.17) is 17.3 Å². The number of hydrogen-bond acceptors (Lipinski definition) is 2. The molecule has 3 nitrogen and oxygen atoms in total. The quantitative estimate of drug-likeness (QED) is 0.920. The first kappa shape index (κ1) is 12.6. The van der Waals surface area contributed by atoms with Crippen LogP contribution in [0.25, 0.3) is 5.69 Å². The van der Waals surface area contributed by atoms with Gasteiger partial charge < -0.3 is 5.73 Å². The fourth-order valence-electron chi connectivity index (χ4n) is 1.66. The largest absolute Gasteiger partial charge is 0.324 e. The van der Waals surface area contributed by atoms with Crippen LogP contribution in [0.1, 0.15) is 24.2 Å². The van der Waals surface area contributed by atoms with E-state index in [1.807, 2.05) is 32.0 Å². The molecule has 0 saturated heterocycles. The van der Waals surface area contributed by atoms with Gasteiger partial charge in [-0.2, -0.15) is 5.10 Å². The van der Waals surface area contributed by atoms with Crippen molar-refractivity contribution in [2.45, 2.75) is 19.9 Å². The van der Waals surface area contributed by atoms with Crippen LogP contribution < -0.4 is 5.73 Å². The van der Waals surface area contributed by atoms with Crippen molar-refractivity contribution in [1.82, 2.24) is 9.78 Å². The fourth-order valence-corrected chi connectivity index (χ4v) is 2.14. The molecule has 1 aromatic heterocycles. The number of benzene rings is 1. The van der Waals surface area contributed by atoms with E-state index < -0.39 is 0 Å². The summed E-state index contributed by atoms with van der Waals surface area (Å²) in [4.78, 5) is 0. The molecule has 5 heteroatoms. The maximum atomic E-state index is 6.02. The van der Waals surface area contributed by atoms with Gasteiger partial charge >= 0.3 is 0 Å². The van der Waals surface area contributed by atoms with Gasteiger partial charge in [0, 0.05) is 16.7 Å². The van der Waals surface area contributed by atoms with Crippen molar-refractivity contribution in [3.8, 4) is 5.69 Å². The van der Waals surface area contributed by atoms with Gasteiger partial charge in [0.2, 0.25) is 0 Å². The Balaban J connectivity index is 2.60. The lowest BCUT2D eigenvalue weighted by Gasteiger charge is -2.13. The number of halogens is 2. The van der Waals surface area contributed by atoms with E-state index in [0.717, 1.165) is 21.4 Å². The number of nitrogens with zero attached hydrogens (tertiary/aromatic N) is 2. The smallest absolute Gasteiger partial charge is 0.0819 e. The highest BCUT2D eigenvalue weighted by Gasteiger charge is 2.11. The zero-order chi connectivity index (χ0) is 12.6. The van der Waals surface area contributed by atoms with Crippen LogP contribution in [-0.2, 0) is 0 Å². The summed E-state index contributed by atoms with van der Waals surface area (Å²) in [6.45, 7) is 3.83. The van der Waals surface area contributed by atoms with E-state index in [2.05, 4.69) is 21.0 Å². The molecule has 0 spiro atoms. The SMILES string of the molecule is Cc1nn(-c2cc(Br)ccc2C(C)N)cc1Cl. The molecule has 0 bridgehead atoms. The van der Waals surface area contributed by atoms with Crippen molar-refractivity contribution in [3.63, 3.8) is 0 Å². The van der Waals surface area contributed by atoms with Crippen LogP contribution in [0.4, 0.5) is 0 Å². The topological polar surface area (TPSA) is 43.8 Å². The maximum absolute atomic E-state index is 6.02. The van der Waals surface area contributed by atoms with Crippen molar-refractivity contribution < 1.29 is 0 Å². The van der Waals surface area contributed by atoms with Crippen LogP contribution in [0.15, 0.2) is 28.9 Å². The summed E-state index contributed by atoms with van der Waals surface area (Å²) in [6.07, 6.45) is 1.80. The Morgan fingerprint density at radius 2 is 2.18 bits per heavy atom. The Morgan fingerprint density at radius 3 is 2.71 bits per heavy atom. The Hall–Kier alpha value is -0.840. The average molecular weight is 315 g/mol. The third kappa shape index (κ3) is 2.54. The standard InChI is InChI=1S/C12H13BrClN3/c1-7(15)10-4-3-9(13)5-12(10)17-6-11(14)8(2)16-17/h3-7H,15H2,1-2H3. The van der Waals surface area contributed by atoms with E-state index in [-0.39, 0.29) is 6.04 Å². The lowest BCUT2D eigenvalue weighted by molar-refractivity contribution is 0.776. The molecule has 17 heavy (non-hydrogen) atoms. The van der Waals surface area contributed by atoms with Gasteiger partial charge in [0.05, 0.1) is 16.4 Å². The van der Waals surface area contributed by atoms with Crippen molar-refractivity contribution in [1.29, 1.82) is 0 Å². The molecule has 1 heterocycles. The molecule has 2 aromatic rings. The van der Waals surface area contributed by atoms with Gasteiger partial charge in [-0.1, -0.05) is 33.6 Å². The molecule has 1 atom stereocenters. The van der Waals surface area contributed by atoms with E-state index in [1.165, 1.54) is 0 Å². The van der Waals surface area contributed by atoms with Crippen LogP contribution in [0.2, 0.25) is 5.02 Å². The molecule has 0 fully saturated rings. The Bertz CT molecular complexity index is 529. The van der Waals surface area contributed by atoms with Gasteiger partial charge in [-0.15, -0.1) is 0 Å². The summed E-state index contributed by atoms with van der Waals surface area (Å²) >= 11 is 9.48. The molecule has 2 N–H and O–H groups in total. The van der Waals surface area contributed by atoms with Crippen LogP contribution >= 0.6 is 27.5 Å². The second-order valence-electron chi connectivity index (χ2n) is 4.00. The van der Waals surface area contributed by atoms with Gasteiger partial charge in [0.25, 0.3) is 0 Å². The Kier molecular flexibility index (Phi) is 3.56. The molecule has 0 aliphatic heterocycles. The second kappa shape index (κ2) is 4.80. The molecule has 1 unspecified atom stereocenters. The maximum Gasteiger partial charge on any atom is 0.0819 e. The molecule has 0 radical (unpaired) electrons. The van der Waals surface area contributed by atoms with Gasteiger partial charge in [-0.3, -0.25) is 0 Å². The van der Waals surface area contributed by atoms with E-state index in [1.54, 1.807) is 10.9 Å². The predicted octanol–water partition coefficient (Wildman–Crippen LogP) is 3.62. The monoisotopic (exact) mass is 313 g/mol. The summed E-state index contributed by atoms with van der Waals surface area (Å²) < 4.78 is 2.75. The first-order chi connectivity index (χ1) is 7.99. The minimum absolute atomic E-state index is 0.0543. The van der Waals surface area contributed by atoms with Crippen LogP contribution in [-0.4, -0.2) is 9.78 Å². The Labute approximate surface area is 114 Å². The van der Waals surface area contributed by atoms with Gasteiger partial charge in [-0.05, 0) is 31.5 Å². The van der Waals surface area contributed by atoms with E-state index >= 15 is 0 Å².